The Bertz CT molecular complexity index is 812. The van der Waals surface area contributed by atoms with Crippen molar-refractivity contribution in [2.24, 2.45) is 0 Å². The van der Waals surface area contributed by atoms with Gasteiger partial charge in [0.1, 0.15) is 24.4 Å². The first-order valence-electron chi connectivity index (χ1n) is 21.4. The first-order valence-corrected chi connectivity index (χ1v) is 21.4. The lowest BCUT2D eigenvalue weighted by atomic mass is 9.99. The summed E-state index contributed by atoms with van der Waals surface area (Å²) < 4.78 is 11.2. The fourth-order valence-electron chi connectivity index (χ4n) is 6.86. The van der Waals surface area contributed by atoms with Crippen molar-refractivity contribution in [1.29, 1.82) is 0 Å². The first kappa shape index (κ1) is 48.0. The van der Waals surface area contributed by atoms with Crippen molar-refractivity contribution in [2.45, 2.75) is 236 Å². The van der Waals surface area contributed by atoms with E-state index < -0.39 is 49.5 Å². The van der Waals surface area contributed by atoms with Gasteiger partial charge in [-0.05, 0) is 19.3 Å². The summed E-state index contributed by atoms with van der Waals surface area (Å²) in [6, 6.07) is -0.796. The summed E-state index contributed by atoms with van der Waals surface area (Å²) in [7, 11) is 0. The van der Waals surface area contributed by atoms with Gasteiger partial charge in [-0.1, -0.05) is 180 Å². The van der Waals surface area contributed by atoms with Gasteiger partial charge in [-0.25, -0.2) is 0 Å². The molecule has 0 aliphatic carbocycles. The van der Waals surface area contributed by atoms with E-state index in [0.29, 0.717) is 6.42 Å². The highest BCUT2D eigenvalue weighted by molar-refractivity contribution is 5.76. The van der Waals surface area contributed by atoms with Crippen molar-refractivity contribution in [1.82, 2.24) is 5.32 Å². The fourth-order valence-corrected chi connectivity index (χ4v) is 6.86. The van der Waals surface area contributed by atoms with Crippen molar-refractivity contribution in [3.05, 3.63) is 12.2 Å². The zero-order valence-corrected chi connectivity index (χ0v) is 32.9. The molecule has 1 aliphatic heterocycles. The zero-order valence-electron chi connectivity index (χ0n) is 32.9. The normalized spacial score (nSPS) is 22.1. The van der Waals surface area contributed by atoms with E-state index in [-0.39, 0.29) is 12.5 Å². The van der Waals surface area contributed by atoms with Gasteiger partial charge in [-0.2, -0.15) is 0 Å². The van der Waals surface area contributed by atoms with E-state index in [2.05, 4.69) is 19.2 Å². The molecule has 0 aromatic carbocycles. The van der Waals surface area contributed by atoms with E-state index >= 15 is 0 Å². The van der Waals surface area contributed by atoms with Crippen LogP contribution in [-0.2, 0) is 14.3 Å². The Morgan fingerprint density at radius 1 is 0.647 bits per heavy atom. The lowest BCUT2D eigenvalue weighted by Crippen LogP contribution is -2.60. The molecular weight excluding hydrogens is 646 g/mol. The van der Waals surface area contributed by atoms with Gasteiger partial charge < -0.3 is 40.3 Å². The SMILES string of the molecule is CCCCCCCCCCCCC/C=C/[C@@H](O)[C@H](CO[C@@H]1O[C@H](CO)[C@H](O)C(O)C1O)NC(=O)CCCCCCCCCCCCCCCCC. The van der Waals surface area contributed by atoms with Crippen molar-refractivity contribution in [3.8, 4) is 0 Å². The summed E-state index contributed by atoms with van der Waals surface area (Å²) in [5, 5.41) is 54.0. The highest BCUT2D eigenvalue weighted by Crippen LogP contribution is 2.22. The number of carbonyl (C=O) groups excluding carboxylic acids is 1. The number of nitrogens with one attached hydrogen (secondary N) is 1. The number of aliphatic hydroxyl groups excluding tert-OH is 5. The Morgan fingerprint density at radius 2 is 1.08 bits per heavy atom. The van der Waals surface area contributed by atoms with Gasteiger partial charge in [-0.15, -0.1) is 0 Å². The summed E-state index contributed by atoms with van der Waals surface area (Å²) in [5.41, 5.74) is 0. The maximum atomic E-state index is 12.9. The molecule has 0 bridgehead atoms. The second-order valence-electron chi connectivity index (χ2n) is 15.1. The molecule has 0 spiro atoms. The number of hydrogen-bond donors (Lipinski definition) is 6. The van der Waals surface area contributed by atoms with E-state index in [9.17, 15) is 30.3 Å². The number of amides is 1. The average Bonchev–Trinajstić information content (AvgIpc) is 3.13. The third kappa shape index (κ3) is 24.8. The van der Waals surface area contributed by atoms with Crippen LogP contribution in [0.1, 0.15) is 194 Å². The molecule has 0 radical (unpaired) electrons. The Kier molecular flexibility index (Phi) is 31.5. The molecule has 302 valence electrons. The molecule has 7 atom stereocenters. The highest BCUT2D eigenvalue weighted by Gasteiger charge is 2.44. The molecule has 2 unspecified atom stereocenters. The molecule has 1 saturated heterocycles. The smallest absolute Gasteiger partial charge is 0.220 e. The van der Waals surface area contributed by atoms with Crippen LogP contribution in [-0.4, -0.2) is 87.5 Å². The van der Waals surface area contributed by atoms with Crippen LogP contribution in [0.5, 0.6) is 0 Å². The average molecular weight is 728 g/mol. The van der Waals surface area contributed by atoms with Gasteiger partial charge >= 0.3 is 0 Å². The van der Waals surface area contributed by atoms with Gasteiger partial charge in [0.2, 0.25) is 5.91 Å². The minimum absolute atomic E-state index is 0.176. The van der Waals surface area contributed by atoms with Gasteiger partial charge in [-0.3, -0.25) is 4.79 Å². The molecule has 6 N–H and O–H groups in total. The summed E-state index contributed by atoms with van der Waals surface area (Å²) in [6.07, 6.45) is 29.6. The second-order valence-corrected chi connectivity index (χ2v) is 15.1. The van der Waals surface area contributed by atoms with E-state index in [1.807, 2.05) is 6.08 Å². The Balaban J connectivity index is 2.39. The summed E-state index contributed by atoms with van der Waals surface area (Å²) in [5.74, 6) is -0.176. The zero-order chi connectivity index (χ0) is 37.4. The third-order valence-corrected chi connectivity index (χ3v) is 10.4. The quantitative estimate of drug-likeness (QED) is 0.0283. The molecule has 1 heterocycles. The summed E-state index contributed by atoms with van der Waals surface area (Å²) in [4.78, 5) is 12.9. The maximum absolute atomic E-state index is 12.9. The standard InChI is InChI=1S/C42H81NO8/c1-3-5-7-9-11-13-15-17-18-20-22-24-26-28-30-32-38(46)43-35(34-50-42-41(49)40(48)39(47)37(33-44)51-42)36(45)31-29-27-25-23-21-19-16-14-12-10-8-6-4-2/h29,31,35-37,39-42,44-45,47-49H,3-28,30,32-34H2,1-2H3,(H,43,46)/b31-29+/t35-,36+,37+,39-,40?,41?,42+/m0/s1. The van der Waals surface area contributed by atoms with E-state index in [1.54, 1.807) is 6.08 Å². The predicted octanol–water partition coefficient (Wildman–Crippen LogP) is 8.17. The molecule has 9 heteroatoms. The van der Waals surface area contributed by atoms with Crippen molar-refractivity contribution in [2.75, 3.05) is 13.2 Å². The molecule has 0 aromatic heterocycles. The number of rotatable bonds is 35. The fraction of sp³-hybridized carbons (Fsp3) is 0.929. The van der Waals surface area contributed by atoms with E-state index in [4.69, 9.17) is 9.47 Å². The Hall–Kier alpha value is -1.07. The monoisotopic (exact) mass is 728 g/mol. The molecule has 1 fully saturated rings. The topological polar surface area (TPSA) is 149 Å². The lowest BCUT2D eigenvalue weighted by Gasteiger charge is -2.40. The van der Waals surface area contributed by atoms with Crippen LogP contribution in [0.2, 0.25) is 0 Å². The van der Waals surface area contributed by atoms with Crippen molar-refractivity contribution < 1.29 is 39.8 Å². The van der Waals surface area contributed by atoms with Crippen LogP contribution in [0.25, 0.3) is 0 Å². The summed E-state index contributed by atoms with van der Waals surface area (Å²) in [6.45, 7) is 3.76. The molecule has 1 rings (SSSR count). The van der Waals surface area contributed by atoms with Gasteiger partial charge in [0.25, 0.3) is 0 Å². The molecule has 0 aromatic rings. The van der Waals surface area contributed by atoms with Crippen LogP contribution in [0.4, 0.5) is 0 Å². The van der Waals surface area contributed by atoms with Crippen LogP contribution in [0.15, 0.2) is 12.2 Å². The van der Waals surface area contributed by atoms with Crippen LogP contribution >= 0.6 is 0 Å². The maximum Gasteiger partial charge on any atom is 0.220 e. The predicted molar refractivity (Wildman–Crippen MR) is 207 cm³/mol. The largest absolute Gasteiger partial charge is 0.394 e. The number of allylic oxidation sites excluding steroid dienone is 1. The van der Waals surface area contributed by atoms with E-state index in [0.717, 1.165) is 38.5 Å². The molecule has 0 saturated carbocycles. The van der Waals surface area contributed by atoms with Gasteiger partial charge in [0.05, 0.1) is 25.4 Å². The Morgan fingerprint density at radius 3 is 1.53 bits per heavy atom. The molecule has 51 heavy (non-hydrogen) atoms. The van der Waals surface area contributed by atoms with Crippen LogP contribution in [0, 0.1) is 0 Å². The molecule has 1 aliphatic rings. The van der Waals surface area contributed by atoms with Crippen molar-refractivity contribution >= 4 is 5.91 Å². The first-order chi connectivity index (χ1) is 24.8. The van der Waals surface area contributed by atoms with Crippen LogP contribution in [0.3, 0.4) is 0 Å². The lowest BCUT2D eigenvalue weighted by molar-refractivity contribution is -0.302. The van der Waals surface area contributed by atoms with Crippen LogP contribution < -0.4 is 5.32 Å². The van der Waals surface area contributed by atoms with E-state index in [1.165, 1.54) is 135 Å². The number of unbranched alkanes of at least 4 members (excludes halogenated alkanes) is 25. The third-order valence-electron chi connectivity index (χ3n) is 10.4. The number of carbonyl (C=O) groups is 1. The van der Waals surface area contributed by atoms with Gasteiger partial charge in [0, 0.05) is 6.42 Å². The van der Waals surface area contributed by atoms with Crippen molar-refractivity contribution in [3.63, 3.8) is 0 Å². The summed E-state index contributed by atoms with van der Waals surface area (Å²) >= 11 is 0. The van der Waals surface area contributed by atoms with Gasteiger partial charge in [0.15, 0.2) is 6.29 Å². The molecular formula is C42H81NO8. The Labute approximate surface area is 312 Å². The number of hydrogen-bond acceptors (Lipinski definition) is 8. The minimum atomic E-state index is -1.56. The number of ether oxygens (including phenoxy) is 2. The second kappa shape index (κ2) is 33.5. The number of aliphatic hydroxyl groups is 5. The highest BCUT2D eigenvalue weighted by atomic mass is 16.7. The molecule has 1 amide bonds. The minimum Gasteiger partial charge on any atom is -0.394 e. The molecule has 9 nitrogen and oxygen atoms in total.